The summed E-state index contributed by atoms with van der Waals surface area (Å²) >= 11 is 1.65. The van der Waals surface area contributed by atoms with Crippen molar-refractivity contribution in [2.75, 3.05) is 19.7 Å². The number of carbonyl (C=O) groups is 1. The van der Waals surface area contributed by atoms with Crippen molar-refractivity contribution in [2.45, 2.75) is 45.1 Å². The molecule has 24 heavy (non-hydrogen) atoms. The van der Waals surface area contributed by atoms with Gasteiger partial charge in [-0.2, -0.15) is 0 Å². The van der Waals surface area contributed by atoms with Gasteiger partial charge in [-0.1, -0.05) is 13.8 Å². The first-order chi connectivity index (χ1) is 11.6. The van der Waals surface area contributed by atoms with Gasteiger partial charge in [0.05, 0.1) is 18.0 Å². The molecule has 0 unspecified atom stereocenters. The average molecular weight is 347 g/mol. The predicted molar refractivity (Wildman–Crippen MR) is 89.3 cm³/mol. The van der Waals surface area contributed by atoms with E-state index in [0.29, 0.717) is 31.5 Å². The van der Waals surface area contributed by atoms with E-state index in [1.807, 2.05) is 18.7 Å². The van der Waals surface area contributed by atoms with Gasteiger partial charge in [-0.3, -0.25) is 4.79 Å². The molecule has 2 aromatic heterocycles. The van der Waals surface area contributed by atoms with Crippen LogP contribution in [0.5, 0.6) is 0 Å². The van der Waals surface area contributed by atoms with Crippen LogP contribution in [0, 0.1) is 0 Å². The Labute approximate surface area is 144 Å². The van der Waals surface area contributed by atoms with Crippen molar-refractivity contribution < 1.29 is 13.9 Å². The molecule has 2 aromatic rings. The molecule has 1 aliphatic carbocycles. The second kappa shape index (κ2) is 6.29. The van der Waals surface area contributed by atoms with Gasteiger partial charge in [-0.05, 0) is 30.9 Å². The number of ether oxygens (including phenoxy) is 1. The van der Waals surface area contributed by atoms with Crippen LogP contribution in [0.15, 0.2) is 10.5 Å². The molecule has 0 aromatic carbocycles. The maximum absolute atomic E-state index is 12.8. The van der Waals surface area contributed by atoms with Gasteiger partial charge in [0.2, 0.25) is 11.8 Å². The summed E-state index contributed by atoms with van der Waals surface area (Å²) in [5.41, 5.74) is 1.35. The monoisotopic (exact) mass is 347 g/mol. The first-order valence-electron chi connectivity index (χ1n) is 8.47. The Morgan fingerprint density at radius 1 is 1.38 bits per heavy atom. The van der Waals surface area contributed by atoms with Crippen molar-refractivity contribution in [3.8, 4) is 0 Å². The third kappa shape index (κ3) is 2.86. The topological polar surface area (TPSA) is 68.5 Å². The Kier molecular flexibility index (Phi) is 4.14. The highest BCUT2D eigenvalue weighted by Gasteiger charge is 2.31. The van der Waals surface area contributed by atoms with E-state index in [1.54, 1.807) is 11.3 Å². The highest BCUT2D eigenvalue weighted by Crippen LogP contribution is 2.32. The molecule has 0 saturated carbocycles. The van der Waals surface area contributed by atoms with Crippen LogP contribution >= 0.6 is 11.3 Å². The van der Waals surface area contributed by atoms with Crippen LogP contribution in [0.2, 0.25) is 0 Å². The van der Waals surface area contributed by atoms with E-state index < -0.39 is 0 Å². The zero-order valence-corrected chi connectivity index (χ0v) is 14.8. The lowest BCUT2D eigenvalue weighted by Crippen LogP contribution is -2.42. The maximum atomic E-state index is 12.8. The normalized spacial score (nSPS) is 20.6. The molecule has 1 aliphatic heterocycles. The molecule has 6 nitrogen and oxygen atoms in total. The summed E-state index contributed by atoms with van der Waals surface area (Å²) in [6, 6.07) is 2.07. The number of thiophene rings is 1. The molecule has 2 aliphatic rings. The van der Waals surface area contributed by atoms with Crippen LogP contribution in [0.25, 0.3) is 0 Å². The van der Waals surface area contributed by atoms with Gasteiger partial charge in [0, 0.05) is 17.3 Å². The number of rotatable bonds is 3. The third-order valence-corrected chi connectivity index (χ3v) is 5.76. The average Bonchev–Trinajstić information content (AvgIpc) is 3.29. The number of carbonyl (C=O) groups excluding carboxylic acids is 1. The predicted octanol–water partition coefficient (Wildman–Crippen LogP) is 2.96. The van der Waals surface area contributed by atoms with Crippen LogP contribution in [-0.2, 0) is 17.6 Å². The molecule has 1 fully saturated rings. The molecule has 0 radical (unpaired) electrons. The second-order valence-electron chi connectivity index (χ2n) is 6.66. The zero-order valence-electron chi connectivity index (χ0n) is 13.9. The second-order valence-corrected chi connectivity index (χ2v) is 7.79. The van der Waals surface area contributed by atoms with Crippen molar-refractivity contribution >= 4 is 17.2 Å². The van der Waals surface area contributed by atoms with Crippen LogP contribution in [0.3, 0.4) is 0 Å². The summed E-state index contributed by atoms with van der Waals surface area (Å²) in [4.78, 5) is 16.9. The van der Waals surface area contributed by atoms with Gasteiger partial charge in [-0.25, -0.2) is 0 Å². The smallest absolute Gasteiger partial charge is 0.264 e. The summed E-state index contributed by atoms with van der Waals surface area (Å²) in [6.45, 7) is 5.56. The Morgan fingerprint density at radius 2 is 2.25 bits per heavy atom. The Morgan fingerprint density at radius 3 is 3.00 bits per heavy atom. The molecule has 128 valence electrons. The van der Waals surface area contributed by atoms with Gasteiger partial charge in [-0.15, -0.1) is 21.5 Å². The van der Waals surface area contributed by atoms with E-state index in [-0.39, 0.29) is 17.9 Å². The molecular weight excluding hydrogens is 326 g/mol. The first-order valence-corrected chi connectivity index (χ1v) is 9.29. The SMILES string of the molecule is CC(C)c1nnc([C@@H]2CN(C(=O)c3cc4c(s3)CCC4)CCO2)o1. The van der Waals surface area contributed by atoms with Crippen LogP contribution < -0.4 is 0 Å². The van der Waals surface area contributed by atoms with E-state index in [4.69, 9.17) is 9.15 Å². The first kappa shape index (κ1) is 15.8. The third-order valence-electron chi connectivity index (χ3n) is 4.54. The number of nitrogens with zero attached hydrogens (tertiary/aromatic N) is 3. The van der Waals surface area contributed by atoms with Gasteiger partial charge < -0.3 is 14.1 Å². The van der Waals surface area contributed by atoms with Gasteiger partial charge >= 0.3 is 0 Å². The lowest BCUT2D eigenvalue weighted by atomic mass is 10.2. The van der Waals surface area contributed by atoms with E-state index in [2.05, 4.69) is 16.3 Å². The minimum Gasteiger partial charge on any atom is -0.422 e. The van der Waals surface area contributed by atoms with E-state index in [9.17, 15) is 4.79 Å². The molecule has 1 saturated heterocycles. The van der Waals surface area contributed by atoms with Gasteiger partial charge in [0.25, 0.3) is 5.91 Å². The molecule has 1 amide bonds. The van der Waals surface area contributed by atoms with E-state index >= 15 is 0 Å². The van der Waals surface area contributed by atoms with E-state index in [0.717, 1.165) is 17.7 Å². The Hall–Kier alpha value is -1.73. The number of morpholine rings is 1. The molecule has 7 heteroatoms. The van der Waals surface area contributed by atoms with Crippen LogP contribution in [-0.4, -0.2) is 40.7 Å². The van der Waals surface area contributed by atoms with Crippen molar-refractivity contribution in [3.63, 3.8) is 0 Å². The summed E-state index contributed by atoms with van der Waals surface area (Å²) < 4.78 is 11.4. The van der Waals surface area contributed by atoms with Crippen LogP contribution in [0.1, 0.15) is 64.2 Å². The number of fused-ring (bicyclic) bond motifs is 1. The Balaban J connectivity index is 1.48. The quantitative estimate of drug-likeness (QED) is 0.854. The number of hydrogen-bond donors (Lipinski definition) is 0. The fourth-order valence-corrected chi connectivity index (χ4v) is 4.40. The number of amides is 1. The largest absolute Gasteiger partial charge is 0.422 e. The number of hydrogen-bond acceptors (Lipinski definition) is 6. The molecule has 3 heterocycles. The lowest BCUT2D eigenvalue weighted by molar-refractivity contribution is -0.0349. The van der Waals surface area contributed by atoms with Crippen molar-refractivity contribution in [2.24, 2.45) is 0 Å². The minimum atomic E-state index is -0.338. The highest BCUT2D eigenvalue weighted by molar-refractivity contribution is 7.14. The fourth-order valence-electron chi connectivity index (χ4n) is 3.18. The minimum absolute atomic E-state index is 0.0892. The standard InChI is InChI=1S/C17H21N3O3S/c1-10(2)15-18-19-16(23-15)12-9-20(6-7-22-12)17(21)14-8-11-4-3-5-13(11)24-14/h8,10,12H,3-7,9H2,1-2H3/t12-/m0/s1. The summed E-state index contributed by atoms with van der Waals surface area (Å²) in [7, 11) is 0. The summed E-state index contributed by atoms with van der Waals surface area (Å²) in [6.07, 6.45) is 3.09. The molecular formula is C17H21N3O3S. The fraction of sp³-hybridized carbons (Fsp3) is 0.588. The zero-order chi connectivity index (χ0) is 16.7. The van der Waals surface area contributed by atoms with Crippen molar-refractivity contribution in [1.82, 2.24) is 15.1 Å². The number of aromatic nitrogens is 2. The van der Waals surface area contributed by atoms with Crippen molar-refractivity contribution in [3.05, 3.63) is 33.2 Å². The lowest BCUT2D eigenvalue weighted by Gasteiger charge is -2.31. The van der Waals surface area contributed by atoms with Gasteiger partial charge in [0.15, 0.2) is 6.10 Å². The molecule has 1 atom stereocenters. The van der Waals surface area contributed by atoms with Crippen molar-refractivity contribution in [1.29, 1.82) is 0 Å². The maximum Gasteiger partial charge on any atom is 0.264 e. The molecule has 0 bridgehead atoms. The highest BCUT2D eigenvalue weighted by atomic mass is 32.1. The van der Waals surface area contributed by atoms with E-state index in [1.165, 1.54) is 16.9 Å². The van der Waals surface area contributed by atoms with Gasteiger partial charge in [0.1, 0.15) is 0 Å². The number of aryl methyl sites for hydroxylation is 2. The summed E-state index contributed by atoms with van der Waals surface area (Å²) in [5, 5.41) is 8.15. The molecule has 4 rings (SSSR count). The molecule has 0 N–H and O–H groups in total. The van der Waals surface area contributed by atoms with Crippen LogP contribution in [0.4, 0.5) is 0 Å². The molecule has 0 spiro atoms. The summed E-state index contributed by atoms with van der Waals surface area (Å²) in [5.74, 6) is 1.34. The Bertz CT molecular complexity index is 731.